The van der Waals surface area contributed by atoms with Crippen molar-refractivity contribution in [2.45, 2.75) is 57.9 Å². The van der Waals surface area contributed by atoms with Crippen LogP contribution in [0, 0.1) is 13.8 Å². The van der Waals surface area contributed by atoms with Crippen LogP contribution in [0.15, 0.2) is 12.3 Å². The van der Waals surface area contributed by atoms with E-state index in [9.17, 15) is 13.2 Å². The molecule has 1 aliphatic rings. The summed E-state index contributed by atoms with van der Waals surface area (Å²) in [7, 11) is -1.90. The van der Waals surface area contributed by atoms with Crippen molar-refractivity contribution >= 4 is 15.9 Å². The first-order chi connectivity index (χ1) is 13.2. The molecule has 2 atom stereocenters. The van der Waals surface area contributed by atoms with Gasteiger partial charge in [-0.25, -0.2) is 18.1 Å². The van der Waals surface area contributed by atoms with Gasteiger partial charge < -0.3 is 14.4 Å². The summed E-state index contributed by atoms with van der Waals surface area (Å²) >= 11 is 0. The van der Waals surface area contributed by atoms with Crippen LogP contribution in [0.4, 0.5) is 0 Å². The first-order valence-corrected chi connectivity index (χ1v) is 11.1. The van der Waals surface area contributed by atoms with E-state index in [2.05, 4.69) is 9.71 Å². The zero-order valence-electron chi connectivity index (χ0n) is 17.3. The molecule has 0 spiro atoms. The van der Waals surface area contributed by atoms with Crippen LogP contribution in [-0.4, -0.2) is 68.4 Å². The van der Waals surface area contributed by atoms with Gasteiger partial charge in [0.2, 0.25) is 15.9 Å². The molecule has 2 rings (SSSR count). The van der Waals surface area contributed by atoms with Crippen LogP contribution in [0.5, 0.6) is 5.88 Å². The summed E-state index contributed by atoms with van der Waals surface area (Å²) in [6, 6.07) is 1.18. The van der Waals surface area contributed by atoms with Gasteiger partial charge in [0.15, 0.2) is 6.61 Å². The maximum Gasteiger partial charge on any atom is 0.260 e. The first-order valence-electron chi connectivity index (χ1n) is 9.51. The van der Waals surface area contributed by atoms with Gasteiger partial charge in [-0.05, 0) is 52.2 Å². The number of hydrogen-bond acceptors (Lipinski definition) is 6. The number of methoxy groups -OCH3 is 1. The summed E-state index contributed by atoms with van der Waals surface area (Å²) in [6.45, 7) is 7.71. The normalized spacial score (nSPS) is 20.4. The minimum Gasteiger partial charge on any atom is -0.467 e. The second-order valence-electron chi connectivity index (χ2n) is 7.49. The molecule has 0 bridgehead atoms. The molecule has 0 radical (unpaired) electrons. The highest BCUT2D eigenvalue weighted by atomic mass is 32.2. The van der Waals surface area contributed by atoms with E-state index in [0.29, 0.717) is 25.3 Å². The lowest BCUT2D eigenvalue weighted by Crippen LogP contribution is -2.60. The number of sulfonamides is 1. The smallest absolute Gasteiger partial charge is 0.260 e. The average molecular weight is 414 g/mol. The summed E-state index contributed by atoms with van der Waals surface area (Å²) in [5, 5.41) is -0.541. The Hall–Kier alpha value is -1.71. The molecule has 1 fully saturated rings. The van der Waals surface area contributed by atoms with Crippen molar-refractivity contribution in [3.8, 4) is 5.88 Å². The van der Waals surface area contributed by atoms with Gasteiger partial charge in [-0.2, -0.15) is 0 Å². The molecule has 0 saturated carbocycles. The predicted molar refractivity (Wildman–Crippen MR) is 107 cm³/mol. The van der Waals surface area contributed by atoms with E-state index in [1.807, 2.05) is 19.9 Å². The van der Waals surface area contributed by atoms with Gasteiger partial charge in [-0.3, -0.25) is 4.79 Å². The van der Waals surface area contributed by atoms with Gasteiger partial charge in [-0.15, -0.1) is 0 Å². The molecular weight excluding hydrogens is 382 g/mol. The minimum absolute atomic E-state index is 0.152. The number of likely N-dealkylation sites (tertiary alicyclic amines) is 1. The quantitative estimate of drug-likeness (QED) is 0.692. The van der Waals surface area contributed by atoms with Crippen molar-refractivity contribution in [1.29, 1.82) is 0 Å². The van der Waals surface area contributed by atoms with Crippen LogP contribution in [0.25, 0.3) is 0 Å². The zero-order chi connectivity index (χ0) is 20.9. The number of carbonyl (C=O) groups excluding carboxylic acids is 1. The number of ether oxygens (including phenoxy) is 2. The van der Waals surface area contributed by atoms with E-state index >= 15 is 0 Å². The van der Waals surface area contributed by atoms with Gasteiger partial charge in [-0.1, -0.05) is 0 Å². The van der Waals surface area contributed by atoms with E-state index in [0.717, 1.165) is 11.1 Å². The Labute approximate surface area is 167 Å². The summed E-state index contributed by atoms with van der Waals surface area (Å²) < 4.78 is 38.3. The highest BCUT2D eigenvalue weighted by Crippen LogP contribution is 2.21. The van der Waals surface area contributed by atoms with Crippen LogP contribution in [0.3, 0.4) is 0 Å². The third-order valence-corrected chi connectivity index (χ3v) is 6.74. The number of aromatic nitrogens is 1. The van der Waals surface area contributed by atoms with E-state index in [4.69, 9.17) is 9.47 Å². The van der Waals surface area contributed by atoms with E-state index in [-0.39, 0.29) is 31.2 Å². The predicted octanol–water partition coefficient (Wildman–Crippen LogP) is 1.41. The number of nitrogens with one attached hydrogen (secondary N) is 1. The van der Waals surface area contributed by atoms with Crippen LogP contribution < -0.4 is 9.46 Å². The standard InChI is InChI=1S/C19H31N3O5S/c1-13(2)28(24,25)21-16-7-6-8-22(17(16)11-26-5)18(23)12-27-19-15(4)9-14(3)10-20-19/h9-10,13,16-17,21H,6-8,11-12H2,1-5H3/t16-,17-/m0/s1. The zero-order valence-corrected chi connectivity index (χ0v) is 18.1. The molecule has 1 N–H and O–H groups in total. The Morgan fingerprint density at radius 3 is 2.71 bits per heavy atom. The molecule has 8 nitrogen and oxygen atoms in total. The number of piperidine rings is 1. The van der Waals surface area contributed by atoms with Crippen molar-refractivity contribution in [2.75, 3.05) is 26.9 Å². The van der Waals surface area contributed by atoms with Crippen molar-refractivity contribution in [3.05, 3.63) is 23.4 Å². The van der Waals surface area contributed by atoms with Gasteiger partial charge in [0.05, 0.1) is 17.9 Å². The second-order valence-corrected chi connectivity index (χ2v) is 9.76. The lowest BCUT2D eigenvalue weighted by Gasteiger charge is -2.41. The Balaban J connectivity index is 2.09. The Morgan fingerprint density at radius 2 is 2.11 bits per heavy atom. The summed E-state index contributed by atoms with van der Waals surface area (Å²) in [6.07, 6.45) is 3.06. The van der Waals surface area contributed by atoms with Gasteiger partial charge >= 0.3 is 0 Å². The van der Waals surface area contributed by atoms with Gasteiger partial charge in [0.25, 0.3) is 5.91 Å². The molecule has 9 heteroatoms. The van der Waals surface area contributed by atoms with E-state index in [1.54, 1.807) is 32.1 Å². The molecule has 158 valence electrons. The largest absolute Gasteiger partial charge is 0.467 e. The molecule has 0 unspecified atom stereocenters. The summed E-state index contributed by atoms with van der Waals surface area (Å²) in [5.74, 6) is 0.216. The second kappa shape index (κ2) is 9.67. The molecule has 1 aromatic rings. The van der Waals surface area contributed by atoms with Crippen molar-refractivity contribution in [2.24, 2.45) is 0 Å². The topological polar surface area (TPSA) is 97.8 Å². The number of nitrogens with zero attached hydrogens (tertiary/aromatic N) is 2. The van der Waals surface area contributed by atoms with E-state index in [1.165, 1.54) is 0 Å². The molecule has 1 saturated heterocycles. The molecule has 0 aromatic carbocycles. The molecule has 0 aliphatic carbocycles. The Morgan fingerprint density at radius 1 is 1.39 bits per heavy atom. The average Bonchev–Trinajstić information content (AvgIpc) is 2.62. The van der Waals surface area contributed by atoms with Crippen molar-refractivity contribution < 1.29 is 22.7 Å². The number of amides is 1. The molecule has 1 aromatic heterocycles. The minimum atomic E-state index is -3.45. The summed E-state index contributed by atoms with van der Waals surface area (Å²) in [4.78, 5) is 18.7. The molecule has 1 amide bonds. The first kappa shape index (κ1) is 22.6. The fraction of sp³-hybridized carbons (Fsp3) is 0.684. The highest BCUT2D eigenvalue weighted by Gasteiger charge is 2.37. The monoisotopic (exact) mass is 413 g/mol. The fourth-order valence-electron chi connectivity index (χ4n) is 3.29. The molecule has 2 heterocycles. The van der Waals surface area contributed by atoms with Gasteiger partial charge in [0.1, 0.15) is 0 Å². The van der Waals surface area contributed by atoms with Crippen LogP contribution in [0.2, 0.25) is 0 Å². The molecule has 1 aliphatic heterocycles. The number of carbonyl (C=O) groups is 1. The maximum atomic E-state index is 12.8. The van der Waals surface area contributed by atoms with Crippen LogP contribution >= 0.6 is 0 Å². The number of hydrogen-bond donors (Lipinski definition) is 1. The third-order valence-electron chi connectivity index (χ3n) is 4.87. The number of pyridine rings is 1. The van der Waals surface area contributed by atoms with Crippen molar-refractivity contribution in [3.63, 3.8) is 0 Å². The van der Waals surface area contributed by atoms with E-state index < -0.39 is 15.3 Å². The highest BCUT2D eigenvalue weighted by molar-refractivity contribution is 7.90. The SMILES string of the molecule is COC[C@H]1[C@@H](NS(=O)(=O)C(C)C)CCCN1C(=O)COc1ncc(C)cc1C. The summed E-state index contributed by atoms with van der Waals surface area (Å²) in [5.41, 5.74) is 1.88. The van der Waals surface area contributed by atoms with Crippen LogP contribution in [-0.2, 0) is 19.6 Å². The molecular formula is C19H31N3O5S. The molecule has 28 heavy (non-hydrogen) atoms. The van der Waals surface area contributed by atoms with Crippen LogP contribution in [0.1, 0.15) is 37.8 Å². The van der Waals surface area contributed by atoms with Gasteiger partial charge in [0, 0.05) is 31.5 Å². The third kappa shape index (κ3) is 5.65. The van der Waals surface area contributed by atoms with Crippen molar-refractivity contribution in [1.82, 2.24) is 14.6 Å². The number of aryl methyl sites for hydroxylation is 2. The Bertz CT molecular complexity index is 782. The lowest BCUT2D eigenvalue weighted by molar-refractivity contribution is -0.139. The maximum absolute atomic E-state index is 12.8. The fourth-order valence-corrected chi connectivity index (χ4v) is 4.26. The Kier molecular flexibility index (Phi) is 7.79. The lowest BCUT2D eigenvalue weighted by atomic mass is 9.97. The number of rotatable bonds is 8.